The summed E-state index contributed by atoms with van der Waals surface area (Å²) in [5.41, 5.74) is 0.976. The highest BCUT2D eigenvalue weighted by molar-refractivity contribution is 6.42. The molecule has 0 aliphatic heterocycles. The summed E-state index contributed by atoms with van der Waals surface area (Å²) in [5.74, 6) is -1.00. The minimum Gasteiger partial charge on any atom is -0.335 e. The maximum atomic E-state index is 12.3. The number of hydrogen-bond donors (Lipinski definition) is 2. The van der Waals surface area contributed by atoms with Crippen LogP contribution in [0.2, 0.25) is 15.1 Å². The Morgan fingerprint density at radius 3 is 2.13 bits per heavy atom. The van der Waals surface area contributed by atoms with Crippen LogP contribution in [-0.2, 0) is 14.4 Å². The summed E-state index contributed by atoms with van der Waals surface area (Å²) in [4.78, 5) is 39.5. The highest BCUT2D eigenvalue weighted by Gasteiger charge is 2.17. The molecule has 2 aromatic carbocycles. The molecule has 30 heavy (non-hydrogen) atoms. The number of likely N-dealkylation sites (N-methyl/N-ethyl adjacent to an activating group) is 2. The van der Waals surface area contributed by atoms with Crippen LogP contribution in [0.15, 0.2) is 42.5 Å². The molecule has 2 aromatic rings. The number of carbonyl (C=O) groups excluding carboxylic acids is 3. The van der Waals surface area contributed by atoms with E-state index in [2.05, 4.69) is 10.6 Å². The Labute approximate surface area is 189 Å². The molecule has 0 bridgehead atoms. The molecule has 0 radical (unpaired) electrons. The van der Waals surface area contributed by atoms with E-state index in [1.807, 2.05) is 0 Å². The zero-order valence-corrected chi connectivity index (χ0v) is 18.7. The Morgan fingerprint density at radius 2 is 1.47 bits per heavy atom. The zero-order chi connectivity index (χ0) is 22.3. The van der Waals surface area contributed by atoms with Gasteiger partial charge in [0.15, 0.2) is 0 Å². The topological polar surface area (TPSA) is 81.8 Å². The minimum atomic E-state index is -0.376. The molecule has 2 N–H and O–H groups in total. The molecule has 10 heteroatoms. The van der Waals surface area contributed by atoms with E-state index in [4.69, 9.17) is 34.8 Å². The van der Waals surface area contributed by atoms with Gasteiger partial charge in [-0.1, -0.05) is 46.9 Å². The second kappa shape index (κ2) is 11.2. The summed E-state index contributed by atoms with van der Waals surface area (Å²) in [6.07, 6.45) is 0. The van der Waals surface area contributed by atoms with Gasteiger partial charge in [0.1, 0.15) is 0 Å². The number of hydrogen-bond acceptors (Lipinski definition) is 4. The lowest BCUT2D eigenvalue weighted by molar-refractivity contribution is -0.134. The van der Waals surface area contributed by atoms with Gasteiger partial charge in [-0.2, -0.15) is 0 Å². The fourth-order valence-electron chi connectivity index (χ4n) is 2.48. The number of para-hydroxylation sites is 1. The number of benzene rings is 2. The van der Waals surface area contributed by atoms with Crippen molar-refractivity contribution in [3.63, 3.8) is 0 Å². The number of rotatable bonds is 8. The van der Waals surface area contributed by atoms with E-state index >= 15 is 0 Å². The Balaban J connectivity index is 1.79. The number of nitrogens with one attached hydrogen (secondary N) is 2. The highest BCUT2D eigenvalue weighted by atomic mass is 35.5. The van der Waals surface area contributed by atoms with Gasteiger partial charge in [0, 0.05) is 12.7 Å². The fourth-order valence-corrected chi connectivity index (χ4v) is 2.96. The molecule has 3 amide bonds. The van der Waals surface area contributed by atoms with Gasteiger partial charge < -0.3 is 15.5 Å². The molecular weight excluding hydrogens is 451 g/mol. The SMILES string of the molecule is CN(CC(=O)Nc1ccc(Cl)c(Cl)c1)CC(=O)N(C)CC(=O)Nc1ccccc1Cl. The van der Waals surface area contributed by atoms with Crippen LogP contribution in [0.25, 0.3) is 0 Å². The van der Waals surface area contributed by atoms with Crippen LogP contribution in [0.1, 0.15) is 0 Å². The van der Waals surface area contributed by atoms with E-state index in [9.17, 15) is 14.4 Å². The Kier molecular flexibility index (Phi) is 8.92. The summed E-state index contributed by atoms with van der Waals surface area (Å²) in [6, 6.07) is 11.6. The van der Waals surface area contributed by atoms with Gasteiger partial charge >= 0.3 is 0 Å². The maximum absolute atomic E-state index is 12.3. The smallest absolute Gasteiger partial charge is 0.244 e. The van der Waals surface area contributed by atoms with Crippen LogP contribution >= 0.6 is 34.8 Å². The van der Waals surface area contributed by atoms with E-state index in [-0.39, 0.29) is 37.4 Å². The van der Waals surface area contributed by atoms with Crippen molar-refractivity contribution in [3.05, 3.63) is 57.5 Å². The normalized spacial score (nSPS) is 10.6. The van der Waals surface area contributed by atoms with Gasteiger partial charge in [0.05, 0.1) is 40.4 Å². The predicted molar refractivity (Wildman–Crippen MR) is 120 cm³/mol. The van der Waals surface area contributed by atoms with Gasteiger partial charge in [-0.3, -0.25) is 19.3 Å². The van der Waals surface area contributed by atoms with Crippen molar-refractivity contribution in [3.8, 4) is 0 Å². The Morgan fingerprint density at radius 1 is 0.800 bits per heavy atom. The van der Waals surface area contributed by atoms with Crippen LogP contribution in [0.4, 0.5) is 11.4 Å². The maximum Gasteiger partial charge on any atom is 0.244 e. The van der Waals surface area contributed by atoms with Gasteiger partial charge in [-0.25, -0.2) is 0 Å². The van der Waals surface area contributed by atoms with E-state index < -0.39 is 0 Å². The third kappa shape index (κ3) is 7.50. The lowest BCUT2D eigenvalue weighted by Crippen LogP contribution is -2.42. The van der Waals surface area contributed by atoms with Crippen molar-refractivity contribution in [1.29, 1.82) is 0 Å². The van der Waals surface area contributed by atoms with Gasteiger partial charge in [-0.05, 0) is 37.4 Å². The average Bonchev–Trinajstić information content (AvgIpc) is 2.66. The van der Waals surface area contributed by atoms with Crippen molar-refractivity contribution in [2.75, 3.05) is 44.4 Å². The number of carbonyl (C=O) groups is 3. The summed E-state index contributed by atoms with van der Waals surface area (Å²) >= 11 is 17.8. The molecule has 0 unspecified atom stereocenters. The third-order valence-electron chi connectivity index (χ3n) is 3.98. The molecule has 0 saturated carbocycles. The highest BCUT2D eigenvalue weighted by Crippen LogP contribution is 2.25. The lowest BCUT2D eigenvalue weighted by atomic mass is 10.3. The first kappa shape index (κ1) is 24.0. The molecule has 2 rings (SSSR count). The Hall–Kier alpha value is -2.32. The van der Waals surface area contributed by atoms with Gasteiger partial charge in [0.2, 0.25) is 17.7 Å². The molecule has 0 heterocycles. The first-order valence-corrected chi connectivity index (χ1v) is 10.0. The monoisotopic (exact) mass is 470 g/mol. The first-order valence-electron chi connectivity index (χ1n) is 8.87. The van der Waals surface area contributed by atoms with Crippen molar-refractivity contribution >= 4 is 63.9 Å². The summed E-state index contributed by atoms with van der Waals surface area (Å²) in [5, 5.41) is 6.46. The largest absolute Gasteiger partial charge is 0.335 e. The van der Waals surface area contributed by atoms with Crippen LogP contribution in [0.5, 0.6) is 0 Å². The molecule has 0 fully saturated rings. The predicted octanol–water partition coefficient (Wildman–Crippen LogP) is 3.61. The van der Waals surface area contributed by atoms with Crippen molar-refractivity contribution < 1.29 is 14.4 Å². The molecule has 0 saturated heterocycles. The molecule has 0 atom stereocenters. The van der Waals surface area contributed by atoms with E-state index in [1.165, 1.54) is 16.8 Å². The molecule has 7 nitrogen and oxygen atoms in total. The van der Waals surface area contributed by atoms with E-state index in [0.717, 1.165) is 0 Å². The zero-order valence-electron chi connectivity index (χ0n) is 16.4. The second-order valence-electron chi connectivity index (χ2n) is 6.63. The second-order valence-corrected chi connectivity index (χ2v) is 7.85. The quantitative estimate of drug-likeness (QED) is 0.616. The Bertz CT molecular complexity index is 939. The number of halogens is 3. The minimum absolute atomic E-state index is 0.0222. The van der Waals surface area contributed by atoms with Gasteiger partial charge in [-0.15, -0.1) is 0 Å². The molecule has 160 valence electrons. The third-order valence-corrected chi connectivity index (χ3v) is 5.05. The summed E-state index contributed by atoms with van der Waals surface area (Å²) in [6.45, 7) is -0.205. The standard InChI is InChI=1S/C20H21Cl3N4O3/c1-26(10-18(28)24-13-7-8-14(21)16(23)9-13)12-20(30)27(2)11-19(29)25-17-6-4-3-5-15(17)22/h3-9H,10-12H2,1-2H3,(H,24,28)(H,25,29). The average molecular weight is 472 g/mol. The summed E-state index contributed by atoms with van der Waals surface area (Å²) in [7, 11) is 3.14. The van der Waals surface area contributed by atoms with Gasteiger partial charge in [0.25, 0.3) is 0 Å². The molecular formula is C20H21Cl3N4O3. The molecule has 0 aromatic heterocycles. The van der Waals surface area contributed by atoms with Crippen molar-refractivity contribution in [2.45, 2.75) is 0 Å². The van der Waals surface area contributed by atoms with E-state index in [1.54, 1.807) is 49.5 Å². The molecule has 0 aliphatic carbocycles. The molecule has 0 aliphatic rings. The van der Waals surface area contributed by atoms with Crippen LogP contribution in [0, 0.1) is 0 Å². The number of amides is 3. The van der Waals surface area contributed by atoms with Crippen LogP contribution in [-0.4, -0.2) is 61.3 Å². The van der Waals surface area contributed by atoms with Crippen molar-refractivity contribution in [1.82, 2.24) is 9.80 Å². The lowest BCUT2D eigenvalue weighted by Gasteiger charge is -2.21. The van der Waals surface area contributed by atoms with Crippen LogP contribution in [0.3, 0.4) is 0 Å². The summed E-state index contributed by atoms with van der Waals surface area (Å²) < 4.78 is 0. The number of anilines is 2. The first-order chi connectivity index (χ1) is 14.2. The van der Waals surface area contributed by atoms with Crippen LogP contribution < -0.4 is 10.6 Å². The van der Waals surface area contributed by atoms with E-state index in [0.29, 0.717) is 26.4 Å². The fraction of sp³-hybridized carbons (Fsp3) is 0.250. The molecule has 0 spiro atoms. The number of nitrogens with zero attached hydrogens (tertiary/aromatic N) is 2. The van der Waals surface area contributed by atoms with Crippen molar-refractivity contribution in [2.24, 2.45) is 0 Å².